The van der Waals surface area contributed by atoms with Crippen molar-refractivity contribution in [2.24, 2.45) is 5.41 Å². The standard InChI is InChI=1S/C12H21BN2O3/c1-8(16)11(2,3)9(17)14-12(4,5)10(18)15(6)7-13/h7H2,1-6H3,(H,14,17). The molecule has 0 saturated heterocycles. The van der Waals surface area contributed by atoms with E-state index in [1.807, 2.05) is 0 Å². The summed E-state index contributed by atoms with van der Waals surface area (Å²) >= 11 is 0. The minimum atomic E-state index is -1.15. The molecule has 0 aromatic rings. The fourth-order valence-electron chi connectivity index (χ4n) is 1.21. The number of hydrogen-bond donors (Lipinski definition) is 1. The van der Waals surface area contributed by atoms with E-state index in [2.05, 4.69) is 5.32 Å². The minimum Gasteiger partial charge on any atom is -0.353 e. The molecule has 0 spiro atoms. The van der Waals surface area contributed by atoms with Gasteiger partial charge in [-0.05, 0) is 41.1 Å². The van der Waals surface area contributed by atoms with E-state index >= 15 is 0 Å². The molecule has 2 radical (unpaired) electrons. The Bertz CT molecular complexity index is 364. The van der Waals surface area contributed by atoms with Crippen molar-refractivity contribution in [2.75, 3.05) is 13.5 Å². The summed E-state index contributed by atoms with van der Waals surface area (Å²) in [5.74, 6) is -1.04. The SMILES string of the molecule is [B]CN(C)C(=O)C(C)(C)NC(=O)C(C)(C)C(C)=O. The van der Waals surface area contributed by atoms with Gasteiger partial charge in [-0.1, -0.05) is 0 Å². The highest BCUT2D eigenvalue weighted by Crippen LogP contribution is 2.19. The van der Waals surface area contributed by atoms with Crippen LogP contribution in [0.1, 0.15) is 34.6 Å². The van der Waals surface area contributed by atoms with Crippen LogP contribution in [0.3, 0.4) is 0 Å². The van der Waals surface area contributed by atoms with Gasteiger partial charge in [0.25, 0.3) is 0 Å². The first-order valence-corrected chi connectivity index (χ1v) is 5.76. The molecule has 0 rings (SSSR count). The molecule has 0 fully saturated rings. The number of rotatable bonds is 5. The van der Waals surface area contributed by atoms with Crippen LogP contribution >= 0.6 is 0 Å². The number of nitrogens with one attached hydrogen (secondary N) is 1. The molecule has 2 amide bonds. The number of likely N-dealkylation sites (N-methyl/N-ethyl adjacent to an activating group) is 1. The van der Waals surface area contributed by atoms with E-state index in [9.17, 15) is 14.4 Å². The highest BCUT2D eigenvalue weighted by Gasteiger charge is 2.39. The summed E-state index contributed by atoms with van der Waals surface area (Å²) in [7, 11) is 6.92. The summed E-state index contributed by atoms with van der Waals surface area (Å²) in [6.45, 7) is 7.56. The number of carbonyl (C=O) groups is 3. The Labute approximate surface area is 110 Å². The second-order valence-corrected chi connectivity index (χ2v) is 5.45. The molecule has 0 bridgehead atoms. The number of Topliss-reactive ketones (excluding diaryl/α,β-unsaturated/α-hetero) is 1. The molecule has 0 atom stereocenters. The number of hydrogen-bond acceptors (Lipinski definition) is 3. The lowest BCUT2D eigenvalue weighted by Crippen LogP contribution is -2.58. The minimum absolute atomic E-state index is 0.0637. The monoisotopic (exact) mass is 252 g/mol. The van der Waals surface area contributed by atoms with Crippen molar-refractivity contribution < 1.29 is 14.4 Å². The zero-order valence-electron chi connectivity index (χ0n) is 12.0. The molecular weight excluding hydrogens is 231 g/mol. The van der Waals surface area contributed by atoms with Gasteiger partial charge in [0.2, 0.25) is 11.8 Å². The van der Waals surface area contributed by atoms with Gasteiger partial charge in [-0.25, -0.2) is 0 Å². The fourth-order valence-corrected chi connectivity index (χ4v) is 1.21. The summed E-state index contributed by atoms with van der Waals surface area (Å²) < 4.78 is 0. The summed E-state index contributed by atoms with van der Waals surface area (Å²) in [6, 6.07) is 0. The molecule has 0 aliphatic heterocycles. The Balaban J connectivity index is 4.94. The van der Waals surface area contributed by atoms with Crippen LogP contribution in [-0.2, 0) is 14.4 Å². The molecule has 0 heterocycles. The molecule has 0 saturated carbocycles. The van der Waals surface area contributed by atoms with E-state index in [1.165, 1.54) is 25.7 Å². The molecule has 0 aromatic heterocycles. The summed E-state index contributed by atoms with van der Waals surface area (Å²) in [6.07, 6.45) is 0.0637. The average molecular weight is 252 g/mol. The van der Waals surface area contributed by atoms with E-state index in [4.69, 9.17) is 7.85 Å². The van der Waals surface area contributed by atoms with E-state index in [1.54, 1.807) is 20.9 Å². The normalized spacial score (nSPS) is 11.9. The molecule has 0 aliphatic rings. The topological polar surface area (TPSA) is 66.5 Å². The third-order valence-corrected chi connectivity index (χ3v) is 3.03. The Morgan fingerprint density at radius 1 is 1.17 bits per heavy atom. The van der Waals surface area contributed by atoms with Gasteiger partial charge in [0.15, 0.2) is 0 Å². The zero-order chi connectivity index (χ0) is 14.7. The lowest BCUT2D eigenvalue weighted by molar-refractivity contribution is -0.145. The summed E-state index contributed by atoms with van der Waals surface area (Å²) in [5.41, 5.74) is -2.25. The lowest BCUT2D eigenvalue weighted by Gasteiger charge is -2.32. The number of ketones is 1. The molecule has 1 N–H and O–H groups in total. The van der Waals surface area contributed by atoms with E-state index in [0.717, 1.165) is 0 Å². The van der Waals surface area contributed by atoms with Crippen molar-refractivity contribution in [1.29, 1.82) is 0 Å². The van der Waals surface area contributed by atoms with Crippen LogP contribution in [0.25, 0.3) is 0 Å². The van der Waals surface area contributed by atoms with Gasteiger partial charge in [0.1, 0.15) is 16.7 Å². The molecule has 18 heavy (non-hydrogen) atoms. The highest BCUT2D eigenvalue weighted by atomic mass is 16.2. The van der Waals surface area contributed by atoms with Crippen molar-refractivity contribution in [3.63, 3.8) is 0 Å². The molecule has 0 unspecified atom stereocenters. The Hall–Kier alpha value is -1.33. The van der Waals surface area contributed by atoms with Gasteiger partial charge in [0, 0.05) is 7.05 Å². The van der Waals surface area contributed by atoms with Gasteiger partial charge in [-0.3, -0.25) is 14.4 Å². The van der Waals surface area contributed by atoms with Crippen molar-refractivity contribution in [3.8, 4) is 0 Å². The van der Waals surface area contributed by atoms with Crippen LogP contribution < -0.4 is 5.32 Å². The van der Waals surface area contributed by atoms with E-state index in [-0.39, 0.29) is 18.1 Å². The largest absolute Gasteiger partial charge is 0.353 e. The predicted molar refractivity (Wildman–Crippen MR) is 70.1 cm³/mol. The highest BCUT2D eigenvalue weighted by molar-refractivity contribution is 6.10. The molecule has 5 nitrogen and oxygen atoms in total. The summed E-state index contributed by atoms with van der Waals surface area (Å²) in [4.78, 5) is 36.7. The Morgan fingerprint density at radius 3 is 1.94 bits per heavy atom. The van der Waals surface area contributed by atoms with Crippen molar-refractivity contribution in [3.05, 3.63) is 0 Å². The van der Waals surface area contributed by atoms with Gasteiger partial charge in [0.05, 0.1) is 7.85 Å². The van der Waals surface area contributed by atoms with Crippen LogP contribution in [0.15, 0.2) is 0 Å². The maximum atomic E-state index is 12.0. The van der Waals surface area contributed by atoms with Crippen molar-refractivity contribution in [2.45, 2.75) is 40.2 Å². The van der Waals surface area contributed by atoms with Crippen LogP contribution in [0.5, 0.6) is 0 Å². The first-order chi connectivity index (χ1) is 7.96. The maximum absolute atomic E-state index is 12.0. The molecule has 0 aliphatic carbocycles. The Kier molecular flexibility index (Phi) is 5.14. The first-order valence-electron chi connectivity index (χ1n) is 5.76. The average Bonchev–Trinajstić information content (AvgIpc) is 2.25. The molecule has 0 aromatic carbocycles. The van der Waals surface area contributed by atoms with E-state index < -0.39 is 16.9 Å². The van der Waals surface area contributed by atoms with E-state index in [0.29, 0.717) is 0 Å². The predicted octanol–water partition coefficient (Wildman–Crippen LogP) is 0.0808. The summed E-state index contributed by atoms with van der Waals surface area (Å²) in [5, 5.41) is 2.59. The van der Waals surface area contributed by atoms with Crippen LogP contribution in [0, 0.1) is 5.41 Å². The van der Waals surface area contributed by atoms with Crippen LogP contribution in [0.4, 0.5) is 0 Å². The second-order valence-electron chi connectivity index (χ2n) is 5.45. The quantitative estimate of drug-likeness (QED) is 0.556. The first kappa shape index (κ1) is 16.7. The van der Waals surface area contributed by atoms with Crippen molar-refractivity contribution >= 4 is 25.4 Å². The zero-order valence-corrected chi connectivity index (χ0v) is 12.0. The number of amides is 2. The van der Waals surface area contributed by atoms with Gasteiger partial charge < -0.3 is 10.2 Å². The molecular formula is C12H21BN2O3. The molecule has 6 heteroatoms. The number of nitrogens with zero attached hydrogens (tertiary/aromatic N) is 1. The third-order valence-electron chi connectivity index (χ3n) is 3.03. The van der Waals surface area contributed by atoms with Gasteiger partial charge in [-0.2, -0.15) is 0 Å². The van der Waals surface area contributed by atoms with Gasteiger partial charge in [-0.15, -0.1) is 0 Å². The Morgan fingerprint density at radius 2 is 1.61 bits per heavy atom. The van der Waals surface area contributed by atoms with Crippen LogP contribution in [0.2, 0.25) is 0 Å². The maximum Gasteiger partial charge on any atom is 0.246 e. The lowest BCUT2D eigenvalue weighted by atomic mass is 9.86. The van der Waals surface area contributed by atoms with Gasteiger partial charge >= 0.3 is 0 Å². The second kappa shape index (κ2) is 5.54. The fraction of sp³-hybridized carbons (Fsp3) is 0.750. The third kappa shape index (κ3) is 3.58. The smallest absolute Gasteiger partial charge is 0.246 e. The van der Waals surface area contributed by atoms with Crippen LogP contribution in [-0.4, -0.2) is 49.4 Å². The molecule has 100 valence electrons. The number of carbonyl (C=O) groups excluding carboxylic acids is 3. The van der Waals surface area contributed by atoms with Crippen molar-refractivity contribution in [1.82, 2.24) is 10.2 Å².